The number of carbonyl (C=O) groups excluding carboxylic acids is 1. The Hall–Kier alpha value is -0.970. The normalized spacial score (nSPS) is 16.0. The molecule has 1 aliphatic heterocycles. The van der Waals surface area contributed by atoms with Crippen LogP contribution in [0.3, 0.4) is 0 Å². The lowest BCUT2D eigenvalue weighted by atomic mass is 10.2. The molecule has 0 radical (unpaired) electrons. The first-order valence-corrected chi connectivity index (χ1v) is 11.0. The number of benzene rings is 1. The van der Waals surface area contributed by atoms with E-state index in [-0.39, 0.29) is 15.7 Å². The topological polar surface area (TPSA) is 66.5 Å². The van der Waals surface area contributed by atoms with Gasteiger partial charge in [0.2, 0.25) is 10.0 Å². The van der Waals surface area contributed by atoms with Gasteiger partial charge in [-0.15, -0.1) is 11.3 Å². The maximum Gasteiger partial charge on any atom is 0.267 e. The van der Waals surface area contributed by atoms with E-state index in [1.165, 1.54) is 10.4 Å². The fourth-order valence-corrected chi connectivity index (χ4v) is 5.80. The lowest BCUT2D eigenvalue weighted by Crippen LogP contribution is -2.36. The smallest absolute Gasteiger partial charge is 0.267 e. The molecule has 1 N–H and O–H groups in total. The van der Waals surface area contributed by atoms with E-state index in [0.29, 0.717) is 18.8 Å². The van der Waals surface area contributed by atoms with E-state index in [4.69, 9.17) is 0 Å². The van der Waals surface area contributed by atoms with Crippen molar-refractivity contribution in [1.82, 2.24) is 4.31 Å². The summed E-state index contributed by atoms with van der Waals surface area (Å²) in [6, 6.07) is 8.89. The Morgan fingerprint density at radius 1 is 1.08 bits per heavy atom. The fourth-order valence-electron chi connectivity index (χ4n) is 2.63. The van der Waals surface area contributed by atoms with E-state index in [9.17, 15) is 13.2 Å². The van der Waals surface area contributed by atoms with Gasteiger partial charge in [-0.1, -0.05) is 6.42 Å². The molecule has 24 heavy (non-hydrogen) atoms. The summed E-state index contributed by atoms with van der Waals surface area (Å²) < 4.78 is 28.2. The van der Waals surface area contributed by atoms with Crippen LogP contribution in [0.1, 0.15) is 28.9 Å². The molecule has 3 rings (SSSR count). The number of sulfonamides is 1. The molecule has 1 amide bonds. The molecule has 128 valence electrons. The molecule has 5 nitrogen and oxygen atoms in total. The van der Waals surface area contributed by atoms with Crippen molar-refractivity contribution in [3.8, 4) is 0 Å². The Labute approximate surface area is 159 Å². The van der Waals surface area contributed by atoms with Crippen molar-refractivity contribution in [2.45, 2.75) is 24.2 Å². The highest BCUT2D eigenvalue weighted by molar-refractivity contribution is 14.1. The van der Waals surface area contributed by atoms with Gasteiger partial charge in [0, 0.05) is 22.3 Å². The Morgan fingerprint density at radius 3 is 2.42 bits per heavy atom. The standard InChI is InChI=1S/C16H17IN2O3S2/c17-12-4-6-13(7-5-12)18-16(20)15-14(8-11-23-15)24(21,22)19-9-2-1-3-10-19/h4-8,11H,1-3,9-10H2,(H,18,20). The predicted molar refractivity (Wildman–Crippen MR) is 104 cm³/mol. The minimum Gasteiger partial charge on any atom is -0.321 e. The fraction of sp³-hybridized carbons (Fsp3) is 0.312. The number of anilines is 1. The summed E-state index contributed by atoms with van der Waals surface area (Å²) in [6.45, 7) is 1.05. The number of thiophene rings is 1. The number of halogens is 1. The molecule has 0 unspecified atom stereocenters. The van der Waals surface area contributed by atoms with Crippen LogP contribution in [0.15, 0.2) is 40.6 Å². The average molecular weight is 476 g/mol. The van der Waals surface area contributed by atoms with Crippen LogP contribution in [-0.2, 0) is 10.0 Å². The third-order valence-corrected chi connectivity index (χ3v) is 7.57. The number of piperidine rings is 1. The van der Waals surface area contributed by atoms with Crippen LogP contribution in [0.25, 0.3) is 0 Å². The van der Waals surface area contributed by atoms with Crippen molar-refractivity contribution < 1.29 is 13.2 Å². The zero-order chi connectivity index (χ0) is 17.2. The number of nitrogens with one attached hydrogen (secondary N) is 1. The number of hydrogen-bond donors (Lipinski definition) is 1. The second-order valence-corrected chi connectivity index (χ2v) is 9.61. The maximum atomic E-state index is 12.8. The minimum absolute atomic E-state index is 0.109. The second kappa shape index (κ2) is 7.51. The van der Waals surface area contributed by atoms with Crippen molar-refractivity contribution >= 4 is 55.5 Å². The molecule has 1 saturated heterocycles. The molecule has 1 aliphatic rings. The molecule has 2 heterocycles. The van der Waals surface area contributed by atoms with E-state index in [2.05, 4.69) is 27.9 Å². The highest BCUT2D eigenvalue weighted by Gasteiger charge is 2.30. The van der Waals surface area contributed by atoms with E-state index in [0.717, 1.165) is 34.2 Å². The Bertz CT molecular complexity index is 825. The largest absolute Gasteiger partial charge is 0.321 e. The average Bonchev–Trinajstić information content (AvgIpc) is 3.08. The van der Waals surface area contributed by atoms with Crippen molar-refractivity contribution in [3.63, 3.8) is 0 Å². The van der Waals surface area contributed by atoms with E-state index < -0.39 is 10.0 Å². The van der Waals surface area contributed by atoms with E-state index in [1.807, 2.05) is 12.1 Å². The number of carbonyl (C=O) groups is 1. The quantitative estimate of drug-likeness (QED) is 0.684. The van der Waals surface area contributed by atoms with Crippen molar-refractivity contribution in [2.75, 3.05) is 18.4 Å². The zero-order valence-electron chi connectivity index (χ0n) is 12.9. The summed E-state index contributed by atoms with van der Waals surface area (Å²) in [7, 11) is -3.61. The molecule has 0 spiro atoms. The predicted octanol–water partition coefficient (Wildman–Crippen LogP) is 3.78. The summed E-state index contributed by atoms with van der Waals surface area (Å²) in [5.74, 6) is -0.387. The lowest BCUT2D eigenvalue weighted by Gasteiger charge is -2.25. The minimum atomic E-state index is -3.61. The summed E-state index contributed by atoms with van der Waals surface area (Å²) >= 11 is 3.34. The van der Waals surface area contributed by atoms with Gasteiger partial charge in [0.15, 0.2) is 0 Å². The van der Waals surface area contributed by atoms with Gasteiger partial charge in [-0.05, 0) is 71.1 Å². The lowest BCUT2D eigenvalue weighted by molar-refractivity contribution is 0.102. The van der Waals surface area contributed by atoms with Gasteiger partial charge in [0.1, 0.15) is 9.77 Å². The molecule has 8 heteroatoms. The third kappa shape index (κ3) is 3.81. The highest BCUT2D eigenvalue weighted by atomic mass is 127. The van der Waals surface area contributed by atoms with Gasteiger partial charge in [-0.3, -0.25) is 4.79 Å². The summed E-state index contributed by atoms with van der Waals surface area (Å²) in [5, 5.41) is 4.42. The number of hydrogen-bond acceptors (Lipinski definition) is 4. The van der Waals surface area contributed by atoms with Crippen LogP contribution in [0, 0.1) is 3.57 Å². The SMILES string of the molecule is O=C(Nc1ccc(I)cc1)c1sccc1S(=O)(=O)N1CCCCC1. The van der Waals surface area contributed by atoms with E-state index in [1.54, 1.807) is 17.5 Å². The first-order valence-electron chi connectivity index (χ1n) is 7.63. The molecule has 1 fully saturated rings. The van der Waals surface area contributed by atoms with Gasteiger partial charge < -0.3 is 5.32 Å². The molecule has 1 aromatic heterocycles. The molecular weight excluding hydrogens is 459 g/mol. The second-order valence-electron chi connectivity index (χ2n) is 5.54. The van der Waals surface area contributed by atoms with Crippen LogP contribution in [0.4, 0.5) is 5.69 Å². The molecule has 2 aromatic rings. The number of rotatable bonds is 4. The Kier molecular flexibility index (Phi) is 5.58. The van der Waals surface area contributed by atoms with Crippen LogP contribution in [0.5, 0.6) is 0 Å². The molecule has 0 atom stereocenters. The Balaban J connectivity index is 1.84. The highest BCUT2D eigenvalue weighted by Crippen LogP contribution is 2.28. The summed E-state index contributed by atoms with van der Waals surface area (Å²) in [6.07, 6.45) is 2.79. The summed E-state index contributed by atoms with van der Waals surface area (Å²) in [5.41, 5.74) is 0.648. The van der Waals surface area contributed by atoms with Gasteiger partial charge in [0.05, 0.1) is 0 Å². The monoisotopic (exact) mass is 476 g/mol. The molecular formula is C16H17IN2O3S2. The number of amides is 1. The van der Waals surface area contributed by atoms with Crippen LogP contribution in [0.2, 0.25) is 0 Å². The van der Waals surface area contributed by atoms with Crippen LogP contribution in [-0.4, -0.2) is 31.7 Å². The molecule has 0 saturated carbocycles. The van der Waals surface area contributed by atoms with Crippen LogP contribution < -0.4 is 5.32 Å². The first-order chi connectivity index (χ1) is 11.5. The zero-order valence-corrected chi connectivity index (χ0v) is 16.7. The summed E-state index contributed by atoms with van der Waals surface area (Å²) in [4.78, 5) is 12.9. The molecule has 1 aromatic carbocycles. The van der Waals surface area contributed by atoms with Gasteiger partial charge >= 0.3 is 0 Å². The van der Waals surface area contributed by atoms with Crippen molar-refractivity contribution in [2.24, 2.45) is 0 Å². The van der Waals surface area contributed by atoms with Crippen molar-refractivity contribution in [3.05, 3.63) is 44.2 Å². The maximum absolute atomic E-state index is 12.8. The Morgan fingerprint density at radius 2 is 1.75 bits per heavy atom. The van der Waals surface area contributed by atoms with Gasteiger partial charge in [0.25, 0.3) is 5.91 Å². The van der Waals surface area contributed by atoms with Crippen molar-refractivity contribution in [1.29, 1.82) is 0 Å². The van der Waals surface area contributed by atoms with Gasteiger partial charge in [-0.25, -0.2) is 8.42 Å². The van der Waals surface area contributed by atoms with Gasteiger partial charge in [-0.2, -0.15) is 4.31 Å². The first kappa shape index (κ1) is 17.8. The molecule has 0 bridgehead atoms. The number of nitrogens with zero attached hydrogens (tertiary/aromatic N) is 1. The van der Waals surface area contributed by atoms with Crippen LogP contribution >= 0.6 is 33.9 Å². The third-order valence-electron chi connectivity index (χ3n) is 3.87. The van der Waals surface area contributed by atoms with E-state index >= 15 is 0 Å². The molecule has 0 aliphatic carbocycles.